The van der Waals surface area contributed by atoms with Gasteiger partial charge in [-0.05, 0) is 52.7 Å². The molecule has 0 aliphatic heterocycles. The molecule has 112 valence electrons. The van der Waals surface area contributed by atoms with Crippen LogP contribution in [0.1, 0.15) is 31.2 Å². The number of aromatic nitrogens is 1. The van der Waals surface area contributed by atoms with E-state index in [-0.39, 0.29) is 6.42 Å². The summed E-state index contributed by atoms with van der Waals surface area (Å²) in [6.07, 6.45) is 1.85. The zero-order valence-corrected chi connectivity index (χ0v) is 12.6. The van der Waals surface area contributed by atoms with Gasteiger partial charge in [0.1, 0.15) is 0 Å². The van der Waals surface area contributed by atoms with Crippen molar-refractivity contribution >= 4 is 15.9 Å². The van der Waals surface area contributed by atoms with E-state index in [1.165, 1.54) is 0 Å². The predicted molar refractivity (Wildman–Crippen MR) is 75.1 cm³/mol. The smallest absolute Gasteiger partial charge is 0.327 e. The van der Waals surface area contributed by atoms with Crippen LogP contribution in [0.3, 0.4) is 0 Å². The first-order valence-electron chi connectivity index (χ1n) is 6.79. The Hall–Kier alpha value is -0.620. The van der Waals surface area contributed by atoms with E-state index in [2.05, 4.69) is 20.9 Å². The Morgan fingerprint density at radius 3 is 2.65 bits per heavy atom. The average molecular weight is 351 g/mol. The summed E-state index contributed by atoms with van der Waals surface area (Å²) in [4.78, 5) is 4.03. The highest BCUT2D eigenvalue weighted by molar-refractivity contribution is 9.10. The number of halogens is 4. The Kier molecular flexibility index (Phi) is 5.07. The maximum atomic E-state index is 13.1. The molecule has 1 aliphatic rings. The monoisotopic (exact) mass is 350 g/mol. The first kappa shape index (κ1) is 15.8. The molecule has 1 aliphatic carbocycles. The number of nitrogens with two attached hydrogens (primary N) is 1. The Morgan fingerprint density at radius 2 is 2.00 bits per heavy atom. The molecule has 2 N–H and O–H groups in total. The van der Waals surface area contributed by atoms with Gasteiger partial charge in [-0.1, -0.05) is 12.8 Å². The summed E-state index contributed by atoms with van der Waals surface area (Å²) in [5.41, 5.74) is 6.95. The van der Waals surface area contributed by atoms with Crippen LogP contribution < -0.4 is 5.73 Å². The Bertz CT molecular complexity index is 450. The molecule has 1 fully saturated rings. The minimum Gasteiger partial charge on any atom is -0.327 e. The van der Waals surface area contributed by atoms with Crippen LogP contribution in [-0.4, -0.2) is 17.2 Å². The number of hydrogen-bond acceptors (Lipinski definition) is 2. The lowest BCUT2D eigenvalue weighted by Crippen LogP contribution is -2.44. The van der Waals surface area contributed by atoms with Crippen LogP contribution in [-0.2, 0) is 6.42 Å². The molecule has 1 aromatic rings. The van der Waals surface area contributed by atoms with Gasteiger partial charge in [0.2, 0.25) is 0 Å². The minimum absolute atomic E-state index is 0.207. The lowest BCUT2D eigenvalue weighted by atomic mass is 9.74. The van der Waals surface area contributed by atoms with Gasteiger partial charge in [0, 0.05) is 22.9 Å². The van der Waals surface area contributed by atoms with Gasteiger partial charge in [0.15, 0.2) is 0 Å². The summed E-state index contributed by atoms with van der Waals surface area (Å²) in [5, 5.41) is 0. The fourth-order valence-electron chi connectivity index (χ4n) is 3.07. The van der Waals surface area contributed by atoms with E-state index in [1.54, 1.807) is 12.4 Å². The molecule has 1 aromatic heterocycles. The van der Waals surface area contributed by atoms with Crippen LogP contribution in [0.25, 0.3) is 0 Å². The molecule has 0 radical (unpaired) electrons. The molecular weight excluding hydrogens is 333 g/mol. The van der Waals surface area contributed by atoms with Crippen LogP contribution in [0.5, 0.6) is 0 Å². The van der Waals surface area contributed by atoms with Crippen molar-refractivity contribution in [3.8, 4) is 0 Å². The first-order valence-corrected chi connectivity index (χ1v) is 7.59. The highest BCUT2D eigenvalue weighted by atomic mass is 79.9. The highest BCUT2D eigenvalue weighted by Crippen LogP contribution is 2.42. The maximum absolute atomic E-state index is 13.1. The van der Waals surface area contributed by atoms with Crippen LogP contribution in [0.4, 0.5) is 13.2 Å². The molecule has 6 heteroatoms. The van der Waals surface area contributed by atoms with Gasteiger partial charge in [0.05, 0.1) is 5.92 Å². The summed E-state index contributed by atoms with van der Waals surface area (Å²) in [6.45, 7) is 0. The Morgan fingerprint density at radius 1 is 1.30 bits per heavy atom. The summed E-state index contributed by atoms with van der Waals surface area (Å²) in [6, 6.07) is 1.39. The molecule has 1 saturated carbocycles. The van der Waals surface area contributed by atoms with Gasteiger partial charge < -0.3 is 5.73 Å². The van der Waals surface area contributed by atoms with Crippen molar-refractivity contribution < 1.29 is 13.2 Å². The molecule has 0 aromatic carbocycles. The summed E-state index contributed by atoms with van der Waals surface area (Å²) < 4.78 is 40.1. The van der Waals surface area contributed by atoms with E-state index in [1.807, 2.05) is 6.07 Å². The van der Waals surface area contributed by atoms with E-state index in [0.717, 1.165) is 16.5 Å². The van der Waals surface area contributed by atoms with E-state index >= 15 is 0 Å². The van der Waals surface area contributed by atoms with E-state index in [0.29, 0.717) is 19.3 Å². The van der Waals surface area contributed by atoms with Gasteiger partial charge >= 0.3 is 6.18 Å². The number of nitrogens with zero attached hydrogens (tertiary/aromatic N) is 1. The lowest BCUT2D eigenvalue weighted by molar-refractivity contribution is -0.198. The molecule has 20 heavy (non-hydrogen) atoms. The van der Waals surface area contributed by atoms with Crippen LogP contribution in [0.15, 0.2) is 22.9 Å². The molecule has 2 nitrogen and oxygen atoms in total. The molecule has 1 heterocycles. The second kappa shape index (κ2) is 6.43. The molecule has 0 saturated heterocycles. The molecule has 0 bridgehead atoms. The second-order valence-electron chi connectivity index (χ2n) is 5.48. The summed E-state index contributed by atoms with van der Waals surface area (Å²) in [7, 11) is 0. The first-order chi connectivity index (χ1) is 9.38. The predicted octanol–water partition coefficient (Wildman–Crippen LogP) is 4.08. The lowest BCUT2D eigenvalue weighted by Gasteiger charge is -2.36. The largest absolute Gasteiger partial charge is 0.392 e. The van der Waals surface area contributed by atoms with Crippen molar-refractivity contribution in [2.24, 2.45) is 17.6 Å². The average Bonchev–Trinajstić information content (AvgIpc) is 2.37. The number of hydrogen-bond donors (Lipinski definition) is 1. The SMILES string of the molecule is NC(Cc1cncc(Br)c1)C1CCCCC1C(F)(F)F. The quantitative estimate of drug-likeness (QED) is 0.891. The molecule has 0 spiro atoms. The van der Waals surface area contributed by atoms with Gasteiger partial charge in [-0.25, -0.2) is 0 Å². The fourth-order valence-corrected chi connectivity index (χ4v) is 3.48. The number of pyridine rings is 1. The summed E-state index contributed by atoms with van der Waals surface area (Å²) in [5.74, 6) is -1.74. The van der Waals surface area contributed by atoms with Gasteiger partial charge in [-0.15, -0.1) is 0 Å². The third-order valence-electron chi connectivity index (χ3n) is 4.02. The van der Waals surface area contributed by atoms with E-state index in [4.69, 9.17) is 5.73 Å². The minimum atomic E-state index is -4.14. The summed E-state index contributed by atoms with van der Waals surface area (Å²) >= 11 is 3.31. The number of rotatable bonds is 3. The van der Waals surface area contributed by atoms with Crippen LogP contribution >= 0.6 is 15.9 Å². The van der Waals surface area contributed by atoms with Crippen LogP contribution in [0.2, 0.25) is 0 Å². The maximum Gasteiger partial charge on any atom is 0.392 e. The van der Waals surface area contributed by atoms with Crippen molar-refractivity contribution in [3.05, 3.63) is 28.5 Å². The zero-order valence-electron chi connectivity index (χ0n) is 11.0. The Labute approximate surface area is 125 Å². The van der Waals surface area contributed by atoms with E-state index in [9.17, 15) is 13.2 Å². The second-order valence-corrected chi connectivity index (χ2v) is 6.39. The molecule has 3 unspecified atom stereocenters. The van der Waals surface area contributed by atoms with Crippen molar-refractivity contribution in [2.75, 3.05) is 0 Å². The molecule has 0 amide bonds. The van der Waals surface area contributed by atoms with Gasteiger partial charge in [-0.3, -0.25) is 4.98 Å². The third kappa shape index (κ3) is 3.95. The van der Waals surface area contributed by atoms with Crippen molar-refractivity contribution in [3.63, 3.8) is 0 Å². The highest BCUT2D eigenvalue weighted by Gasteiger charge is 2.47. The normalized spacial score (nSPS) is 25.4. The van der Waals surface area contributed by atoms with Crippen LogP contribution in [0, 0.1) is 11.8 Å². The van der Waals surface area contributed by atoms with Crippen molar-refractivity contribution in [2.45, 2.75) is 44.3 Å². The van der Waals surface area contributed by atoms with E-state index < -0.39 is 24.1 Å². The van der Waals surface area contributed by atoms with Gasteiger partial charge in [0.25, 0.3) is 0 Å². The number of alkyl halides is 3. The third-order valence-corrected chi connectivity index (χ3v) is 4.46. The zero-order chi connectivity index (χ0) is 14.8. The molecule has 2 rings (SSSR count). The van der Waals surface area contributed by atoms with Crippen molar-refractivity contribution in [1.29, 1.82) is 0 Å². The van der Waals surface area contributed by atoms with Gasteiger partial charge in [-0.2, -0.15) is 13.2 Å². The fraction of sp³-hybridized carbons (Fsp3) is 0.643. The molecular formula is C14H18BrF3N2. The molecule has 3 atom stereocenters. The van der Waals surface area contributed by atoms with Crippen molar-refractivity contribution in [1.82, 2.24) is 4.98 Å². The Balaban J connectivity index is 2.08. The standard InChI is InChI=1S/C14H18BrF3N2/c15-10-5-9(7-20-8-10)6-13(19)11-3-1-2-4-12(11)14(16,17)18/h5,7-8,11-13H,1-4,6,19H2. The topological polar surface area (TPSA) is 38.9 Å².